The van der Waals surface area contributed by atoms with Crippen LogP contribution in [0, 0.1) is 46.3 Å². The topological polar surface area (TPSA) is 9.23 Å². The number of hydrogen-bond acceptors (Lipinski definition) is 1. The summed E-state index contributed by atoms with van der Waals surface area (Å²) < 4.78 is 6.84. The van der Waals surface area contributed by atoms with Crippen LogP contribution in [0.1, 0.15) is 92.9 Å². The van der Waals surface area contributed by atoms with Crippen LogP contribution in [0.4, 0.5) is 0 Å². The lowest BCUT2D eigenvalue weighted by atomic mass is 9.50. The fourth-order valence-corrected chi connectivity index (χ4v) is 8.64. The number of allylic oxidation sites excluding steroid dienone is 4. The molecule has 1 heteroatoms. The van der Waals surface area contributed by atoms with Crippen molar-refractivity contribution >= 4 is 0 Å². The lowest BCUT2D eigenvalue weighted by Gasteiger charge is -2.54. The van der Waals surface area contributed by atoms with E-state index in [4.69, 9.17) is 4.74 Å². The maximum absolute atomic E-state index is 6.84. The van der Waals surface area contributed by atoms with E-state index in [1.54, 1.807) is 5.57 Å². The van der Waals surface area contributed by atoms with Gasteiger partial charge in [-0.15, -0.1) is 0 Å². The van der Waals surface area contributed by atoms with Crippen LogP contribution in [0.3, 0.4) is 0 Å². The monoisotopic (exact) mass is 396 g/mol. The molecule has 29 heavy (non-hydrogen) atoms. The van der Waals surface area contributed by atoms with Gasteiger partial charge in [0.15, 0.2) is 0 Å². The van der Waals surface area contributed by atoms with Gasteiger partial charge in [0.2, 0.25) is 0 Å². The summed E-state index contributed by atoms with van der Waals surface area (Å²) in [6, 6.07) is 0. The molecule has 162 valence electrons. The maximum atomic E-state index is 6.84. The molecule has 0 aromatic carbocycles. The van der Waals surface area contributed by atoms with Crippen LogP contribution in [-0.2, 0) is 4.74 Å². The smallest absolute Gasteiger partial charge is 0.0622 e. The Hall–Kier alpha value is -0.560. The Kier molecular flexibility index (Phi) is 4.89. The van der Waals surface area contributed by atoms with E-state index in [-0.39, 0.29) is 0 Å². The SMILES string of the molecule is CC(C)[C@@H](C)CC1OC2C[C@H]3C4=CC=C5CCCC[C@]5(C)[C@H]4CC[C@]3(C)[C@H]2[C@@H]1C. The molecule has 5 rings (SSSR count). The van der Waals surface area contributed by atoms with Crippen molar-refractivity contribution in [1.29, 1.82) is 0 Å². The van der Waals surface area contributed by atoms with Crippen molar-refractivity contribution in [3.63, 3.8) is 0 Å². The fourth-order valence-electron chi connectivity index (χ4n) is 8.64. The highest BCUT2D eigenvalue weighted by Crippen LogP contribution is 2.68. The van der Waals surface area contributed by atoms with Crippen molar-refractivity contribution < 1.29 is 4.74 Å². The van der Waals surface area contributed by atoms with Crippen molar-refractivity contribution in [3.8, 4) is 0 Å². The third-order valence-electron chi connectivity index (χ3n) is 10.8. The second kappa shape index (κ2) is 6.98. The molecule has 4 aliphatic carbocycles. The summed E-state index contributed by atoms with van der Waals surface area (Å²) in [4.78, 5) is 0. The summed E-state index contributed by atoms with van der Waals surface area (Å²) >= 11 is 0. The number of hydrogen-bond donors (Lipinski definition) is 0. The lowest BCUT2D eigenvalue weighted by molar-refractivity contribution is 0.0127. The molecule has 9 atom stereocenters. The van der Waals surface area contributed by atoms with Gasteiger partial charge in [-0.1, -0.05) is 71.3 Å². The molecule has 0 aromatic rings. The molecule has 0 N–H and O–H groups in total. The summed E-state index contributed by atoms with van der Waals surface area (Å²) in [5.41, 5.74) is 4.51. The number of rotatable bonds is 3. The molecule has 5 aliphatic rings. The van der Waals surface area contributed by atoms with Crippen molar-refractivity contribution in [1.82, 2.24) is 0 Å². The van der Waals surface area contributed by atoms with E-state index in [2.05, 4.69) is 53.7 Å². The first-order valence-corrected chi connectivity index (χ1v) is 12.8. The quantitative estimate of drug-likeness (QED) is 0.478. The van der Waals surface area contributed by atoms with Gasteiger partial charge in [-0.05, 0) is 91.3 Å². The highest BCUT2D eigenvalue weighted by atomic mass is 16.5. The summed E-state index contributed by atoms with van der Waals surface area (Å²) in [6.45, 7) is 14.9. The van der Waals surface area contributed by atoms with Crippen molar-refractivity contribution in [2.24, 2.45) is 46.3 Å². The predicted molar refractivity (Wildman–Crippen MR) is 122 cm³/mol. The normalized spacial score (nSPS) is 49.6. The molecule has 1 aliphatic heterocycles. The minimum absolute atomic E-state index is 0.457. The Labute approximate surface area is 179 Å². The van der Waals surface area contributed by atoms with E-state index in [9.17, 15) is 0 Å². The molecule has 1 heterocycles. The van der Waals surface area contributed by atoms with E-state index < -0.39 is 0 Å². The van der Waals surface area contributed by atoms with E-state index in [1.807, 2.05) is 5.57 Å². The van der Waals surface area contributed by atoms with Crippen LogP contribution in [0.5, 0.6) is 0 Å². The zero-order chi connectivity index (χ0) is 20.6. The zero-order valence-corrected chi connectivity index (χ0v) is 19.8. The van der Waals surface area contributed by atoms with Gasteiger partial charge < -0.3 is 4.74 Å². The van der Waals surface area contributed by atoms with E-state index in [1.165, 1.54) is 51.4 Å². The molecule has 0 radical (unpaired) electrons. The van der Waals surface area contributed by atoms with Gasteiger partial charge in [-0.2, -0.15) is 0 Å². The third kappa shape index (κ3) is 2.89. The number of ether oxygens (including phenoxy) is 1. The Morgan fingerprint density at radius 3 is 2.62 bits per heavy atom. The Bertz CT molecular complexity index is 716. The Morgan fingerprint density at radius 2 is 1.86 bits per heavy atom. The zero-order valence-electron chi connectivity index (χ0n) is 19.8. The molecule has 0 spiro atoms. The standard InChI is InChI=1S/C28H44O/c1-17(2)18(3)15-24-19(4)26-25(29-24)16-23-21-11-10-20-9-7-8-13-27(20,5)22(21)12-14-28(23,26)6/h10-11,17-19,22-26H,7-9,12-16H2,1-6H3/t18-,19+,22-,23-,24?,25?,26-,27-,28-/m0/s1. The van der Waals surface area contributed by atoms with E-state index >= 15 is 0 Å². The Morgan fingerprint density at radius 1 is 1.07 bits per heavy atom. The van der Waals surface area contributed by atoms with E-state index in [0.29, 0.717) is 29.0 Å². The van der Waals surface area contributed by atoms with Crippen LogP contribution in [-0.4, -0.2) is 12.2 Å². The molecule has 0 aromatic heterocycles. The highest BCUT2D eigenvalue weighted by molar-refractivity contribution is 5.39. The Balaban J connectivity index is 1.41. The average molecular weight is 397 g/mol. The van der Waals surface area contributed by atoms with Crippen LogP contribution in [0.2, 0.25) is 0 Å². The summed E-state index contributed by atoms with van der Waals surface area (Å²) in [5.74, 6) is 4.58. The molecular weight excluding hydrogens is 352 g/mol. The van der Waals surface area contributed by atoms with Gasteiger partial charge in [0.05, 0.1) is 12.2 Å². The van der Waals surface area contributed by atoms with Crippen LogP contribution < -0.4 is 0 Å². The highest BCUT2D eigenvalue weighted by Gasteiger charge is 2.63. The van der Waals surface area contributed by atoms with Crippen LogP contribution in [0.25, 0.3) is 0 Å². The summed E-state index contributed by atoms with van der Waals surface area (Å²) in [7, 11) is 0. The van der Waals surface area contributed by atoms with Gasteiger partial charge >= 0.3 is 0 Å². The van der Waals surface area contributed by atoms with Crippen molar-refractivity contribution in [2.45, 2.75) is 105 Å². The first-order valence-electron chi connectivity index (χ1n) is 12.8. The first-order chi connectivity index (χ1) is 13.8. The molecule has 0 bridgehead atoms. The maximum Gasteiger partial charge on any atom is 0.0622 e. The molecule has 1 nitrogen and oxygen atoms in total. The largest absolute Gasteiger partial charge is 0.374 e. The fraction of sp³-hybridized carbons (Fsp3) is 0.857. The molecular formula is C28H44O. The van der Waals surface area contributed by atoms with Gasteiger partial charge in [0.25, 0.3) is 0 Å². The molecule has 1 saturated heterocycles. The summed E-state index contributed by atoms with van der Waals surface area (Å²) in [5, 5.41) is 0. The second-order valence-corrected chi connectivity index (χ2v) is 12.4. The molecule has 2 unspecified atom stereocenters. The van der Waals surface area contributed by atoms with Gasteiger partial charge in [-0.3, -0.25) is 0 Å². The van der Waals surface area contributed by atoms with E-state index in [0.717, 1.165) is 29.6 Å². The minimum atomic E-state index is 0.457. The van der Waals surface area contributed by atoms with Gasteiger partial charge in [0, 0.05) is 0 Å². The van der Waals surface area contributed by atoms with Crippen LogP contribution in [0.15, 0.2) is 23.3 Å². The van der Waals surface area contributed by atoms with Gasteiger partial charge in [-0.25, -0.2) is 0 Å². The van der Waals surface area contributed by atoms with Gasteiger partial charge in [0.1, 0.15) is 0 Å². The van der Waals surface area contributed by atoms with Crippen LogP contribution >= 0.6 is 0 Å². The number of fused-ring (bicyclic) bond motifs is 7. The van der Waals surface area contributed by atoms with Crippen molar-refractivity contribution in [2.75, 3.05) is 0 Å². The molecule has 4 fully saturated rings. The molecule has 0 amide bonds. The second-order valence-electron chi connectivity index (χ2n) is 12.4. The molecule has 3 saturated carbocycles. The first kappa shape index (κ1) is 20.3. The average Bonchev–Trinajstić information content (AvgIpc) is 3.15. The minimum Gasteiger partial charge on any atom is -0.374 e. The lowest BCUT2D eigenvalue weighted by Crippen LogP contribution is -2.46. The third-order valence-corrected chi connectivity index (χ3v) is 10.8. The van der Waals surface area contributed by atoms with Crippen molar-refractivity contribution in [3.05, 3.63) is 23.3 Å². The summed E-state index contributed by atoms with van der Waals surface area (Å²) in [6.07, 6.45) is 17.1. The predicted octanol–water partition coefficient (Wildman–Crippen LogP) is 7.57.